The molecule has 2 rings (SSSR count). The fourth-order valence-corrected chi connectivity index (χ4v) is 3.12. The van der Waals surface area contributed by atoms with Crippen molar-refractivity contribution in [3.63, 3.8) is 0 Å². The number of carbonyl (C=O) groups is 4. The molecule has 2 aliphatic rings. The largest absolute Gasteiger partial charge is 0.354 e. The molecule has 24 heavy (non-hydrogen) atoms. The molecule has 0 aromatic rings. The molecule has 1 N–H and O–H groups in total. The second kappa shape index (κ2) is 8.23. The highest BCUT2D eigenvalue weighted by molar-refractivity contribution is 6.01. The molecular weight excluding hydrogens is 319 g/mol. The third-order valence-corrected chi connectivity index (χ3v) is 4.55. The zero-order valence-electron chi connectivity index (χ0n) is 14.2. The number of nitrogens with one attached hydrogen (secondary N) is 1. The Labute approximate surface area is 141 Å². The van der Waals surface area contributed by atoms with Gasteiger partial charge in [0.2, 0.25) is 5.91 Å². The fourth-order valence-electron chi connectivity index (χ4n) is 3.12. The number of rotatable bonds is 6. The van der Waals surface area contributed by atoms with E-state index >= 15 is 0 Å². The van der Waals surface area contributed by atoms with E-state index in [1.807, 2.05) is 0 Å². The summed E-state index contributed by atoms with van der Waals surface area (Å²) >= 11 is 0. The first-order valence-electron chi connectivity index (χ1n) is 8.47. The lowest BCUT2D eigenvalue weighted by Crippen LogP contribution is -2.48. The standard InChI is InChI=1S/C16H25N3O5/c1-11-4-3-5-12(2)18(11)10-13(20)17-9-8-16(23)24-19-14(21)6-7-15(19)22/h11-12H,3-10H2,1-2H3,(H,17,20)/t11-,12+/i1+1,2+1,11+1,12+1,17+1. The monoisotopic (exact) mass is 344 g/mol. The number of amides is 3. The molecule has 2 heterocycles. The Balaban J connectivity index is 1.67. The van der Waals surface area contributed by atoms with E-state index in [-0.39, 0.29) is 31.7 Å². The van der Waals surface area contributed by atoms with Gasteiger partial charge in [-0.25, -0.2) is 4.79 Å². The highest BCUT2D eigenvalue weighted by Gasteiger charge is 2.32. The highest BCUT2D eigenvalue weighted by atomic mass is 16.7. The summed E-state index contributed by atoms with van der Waals surface area (Å²) in [5.41, 5.74) is 0. The smallest absolute Gasteiger partial charge is 0.334 e. The quantitative estimate of drug-likeness (QED) is 0.425. The molecule has 134 valence electrons. The van der Waals surface area contributed by atoms with Crippen LogP contribution in [0.5, 0.6) is 0 Å². The van der Waals surface area contributed by atoms with Gasteiger partial charge in [0.25, 0.3) is 11.8 Å². The predicted octanol–water partition coefficient (Wildman–Crippen LogP) is 0.363. The van der Waals surface area contributed by atoms with Crippen LogP contribution < -0.4 is 5.32 Å². The van der Waals surface area contributed by atoms with E-state index in [9.17, 15) is 19.2 Å². The number of carbonyl (C=O) groups excluding carboxylic acids is 4. The third-order valence-electron chi connectivity index (χ3n) is 4.55. The van der Waals surface area contributed by atoms with E-state index in [1.165, 1.54) is 6.42 Å². The maximum atomic E-state index is 12.0. The van der Waals surface area contributed by atoms with Crippen molar-refractivity contribution in [2.24, 2.45) is 0 Å². The van der Waals surface area contributed by atoms with E-state index in [4.69, 9.17) is 4.84 Å². The van der Waals surface area contributed by atoms with Gasteiger partial charge in [-0.2, -0.15) is 0 Å². The van der Waals surface area contributed by atoms with Gasteiger partial charge in [0.15, 0.2) is 0 Å². The van der Waals surface area contributed by atoms with Crippen LogP contribution in [-0.4, -0.2) is 58.8 Å². The molecule has 2 aliphatic heterocycles. The third kappa shape index (κ3) is 4.77. The fraction of sp³-hybridized carbons (Fsp3) is 0.750. The van der Waals surface area contributed by atoms with Crippen molar-refractivity contribution in [2.75, 3.05) is 13.1 Å². The number of likely N-dealkylation sites (tertiary alicyclic amines) is 1. The lowest BCUT2D eigenvalue weighted by molar-refractivity contribution is -0.197. The summed E-state index contributed by atoms with van der Waals surface area (Å²) < 4.78 is 0. The summed E-state index contributed by atoms with van der Waals surface area (Å²) in [5, 5.41) is 3.19. The van der Waals surface area contributed by atoms with Gasteiger partial charge < -0.3 is 10.2 Å². The second-order valence-electron chi connectivity index (χ2n) is 6.45. The van der Waals surface area contributed by atoms with Crippen molar-refractivity contribution >= 4 is 23.7 Å². The zero-order valence-corrected chi connectivity index (χ0v) is 14.2. The number of piperidine rings is 1. The van der Waals surface area contributed by atoms with Crippen molar-refractivity contribution < 1.29 is 24.0 Å². The van der Waals surface area contributed by atoms with Crippen LogP contribution >= 0.6 is 0 Å². The minimum absolute atomic E-state index is 0.0645. The maximum absolute atomic E-state index is 12.0. The van der Waals surface area contributed by atoms with E-state index < -0.39 is 17.8 Å². The van der Waals surface area contributed by atoms with Gasteiger partial charge in [-0.1, -0.05) is 6.42 Å². The Bertz CT molecular complexity index is 496. The molecule has 0 aliphatic carbocycles. The molecule has 0 bridgehead atoms. The molecule has 0 aromatic heterocycles. The van der Waals surface area contributed by atoms with E-state index in [0.717, 1.165) is 12.8 Å². The molecule has 8 nitrogen and oxygen atoms in total. The summed E-state index contributed by atoms with van der Waals surface area (Å²) in [7, 11) is 0. The van der Waals surface area contributed by atoms with Gasteiger partial charge in [-0.05, 0) is 26.7 Å². The van der Waals surface area contributed by atoms with Crippen LogP contribution in [0.4, 0.5) is 0 Å². The van der Waals surface area contributed by atoms with E-state index in [1.54, 1.807) is 0 Å². The lowest BCUT2D eigenvalue weighted by Gasteiger charge is -2.38. The van der Waals surface area contributed by atoms with Gasteiger partial charge in [-0.15, -0.1) is 5.06 Å². The molecule has 8 heteroatoms. The number of hydrogen-bond acceptors (Lipinski definition) is 6. The molecule has 0 radical (unpaired) electrons. The number of nitrogens with zero attached hydrogens (tertiary/aromatic N) is 2. The first-order valence-corrected chi connectivity index (χ1v) is 8.47. The molecule has 3 amide bonds. The van der Waals surface area contributed by atoms with E-state index in [2.05, 4.69) is 24.1 Å². The molecule has 2 atom stereocenters. The van der Waals surface area contributed by atoms with Gasteiger partial charge in [0.05, 0.1) is 13.0 Å². The minimum atomic E-state index is -0.710. The summed E-state index contributed by atoms with van der Waals surface area (Å²) in [6, 6.07) is 0.744. The molecule has 0 spiro atoms. The number of imide groups is 1. The summed E-state index contributed by atoms with van der Waals surface area (Å²) in [6.45, 7) is 4.65. The number of hydroxylamine groups is 2. The molecule has 0 saturated carbocycles. The Hall–Kier alpha value is -1.96. The molecule has 2 fully saturated rings. The summed E-state index contributed by atoms with van der Waals surface area (Å²) in [6.07, 6.45) is 3.39. The average molecular weight is 344 g/mol. The van der Waals surface area contributed by atoms with Crippen LogP contribution in [0.25, 0.3) is 0 Å². The molecule has 2 saturated heterocycles. The summed E-state index contributed by atoms with van der Waals surface area (Å²) in [5.74, 6) is -1.87. The SMILES string of the molecule is [13CH3][13C@@H]1CCC[13C@H]([13CH3])N1CC(=O)[15NH]CCC(=O)ON1C(=O)CCC1=O. The molecule has 0 aromatic carbocycles. The molecular formula is C16H25N3O5. The average Bonchev–Trinajstić information content (AvgIpc) is 2.83. The van der Waals surface area contributed by atoms with Crippen LogP contribution in [0.1, 0.15) is 52.4 Å². The van der Waals surface area contributed by atoms with Crippen LogP contribution in [0.2, 0.25) is 0 Å². The van der Waals surface area contributed by atoms with Crippen molar-refractivity contribution in [1.82, 2.24) is 15.3 Å². The van der Waals surface area contributed by atoms with E-state index in [0.29, 0.717) is 23.7 Å². The van der Waals surface area contributed by atoms with Crippen molar-refractivity contribution in [2.45, 2.75) is 64.5 Å². The minimum Gasteiger partial charge on any atom is -0.354 e. The van der Waals surface area contributed by atoms with Gasteiger partial charge in [0.1, 0.15) is 0 Å². The topological polar surface area (TPSA) is 96.0 Å². The molecule has 0 unspecified atom stereocenters. The van der Waals surface area contributed by atoms with Crippen LogP contribution in [-0.2, 0) is 24.0 Å². The van der Waals surface area contributed by atoms with Gasteiger partial charge in [0, 0.05) is 31.5 Å². The van der Waals surface area contributed by atoms with Crippen LogP contribution in [0.15, 0.2) is 0 Å². The Kier molecular flexibility index (Phi) is 6.30. The first-order chi connectivity index (χ1) is 11.4. The van der Waals surface area contributed by atoms with Crippen molar-refractivity contribution in [3.8, 4) is 0 Å². The van der Waals surface area contributed by atoms with Gasteiger partial charge >= 0.3 is 5.97 Å². The first kappa shape index (κ1) is 18.4. The Morgan fingerprint density at radius 2 is 1.71 bits per heavy atom. The van der Waals surface area contributed by atoms with Crippen LogP contribution in [0.3, 0.4) is 0 Å². The second-order valence-corrected chi connectivity index (χ2v) is 6.45. The Morgan fingerprint density at radius 3 is 2.29 bits per heavy atom. The highest BCUT2D eigenvalue weighted by Crippen LogP contribution is 2.21. The van der Waals surface area contributed by atoms with Crippen molar-refractivity contribution in [3.05, 3.63) is 0 Å². The maximum Gasteiger partial charge on any atom is 0.334 e. The van der Waals surface area contributed by atoms with Crippen molar-refractivity contribution in [1.29, 1.82) is 0 Å². The van der Waals surface area contributed by atoms with Gasteiger partial charge in [-0.3, -0.25) is 19.3 Å². The zero-order chi connectivity index (χ0) is 17.7. The van der Waals surface area contributed by atoms with Crippen LogP contribution in [0, 0.1) is 0 Å². The lowest BCUT2D eigenvalue weighted by atomic mass is 10.3. The normalized spacial score (nSPS) is 25.0. The Morgan fingerprint density at radius 1 is 1.12 bits per heavy atom. The summed E-state index contributed by atoms with van der Waals surface area (Å²) in [4.78, 5) is 53.2. The predicted molar refractivity (Wildman–Crippen MR) is 84.3 cm³/mol. The number of hydrogen-bond donors (Lipinski definition) is 1.